The molecule has 1 aliphatic carbocycles. The number of amides is 2. The summed E-state index contributed by atoms with van der Waals surface area (Å²) in [6.45, 7) is 4.09. The second kappa shape index (κ2) is 6.54. The van der Waals surface area contributed by atoms with E-state index in [9.17, 15) is 9.90 Å². The number of rotatable bonds is 3. The molecule has 0 spiro atoms. The largest absolute Gasteiger partial charge is 0.391 e. The molecule has 0 aliphatic heterocycles. The summed E-state index contributed by atoms with van der Waals surface area (Å²) >= 11 is 0. The van der Waals surface area contributed by atoms with Crippen LogP contribution in [0.25, 0.3) is 11.0 Å². The summed E-state index contributed by atoms with van der Waals surface area (Å²) in [7, 11) is 0. The third-order valence-corrected chi connectivity index (χ3v) is 4.23. The predicted octanol–water partition coefficient (Wildman–Crippen LogP) is 2.44. The van der Waals surface area contributed by atoms with Gasteiger partial charge in [-0.3, -0.25) is 0 Å². The summed E-state index contributed by atoms with van der Waals surface area (Å²) in [6, 6.07) is 1.60. The van der Waals surface area contributed by atoms with Crippen LogP contribution in [0.15, 0.2) is 18.5 Å². The van der Waals surface area contributed by atoms with E-state index in [1.165, 1.54) is 0 Å². The monoisotopic (exact) mass is 317 g/mol. The molecule has 0 bridgehead atoms. The summed E-state index contributed by atoms with van der Waals surface area (Å²) in [5.41, 5.74) is 1.41. The van der Waals surface area contributed by atoms with Crippen molar-refractivity contribution < 1.29 is 9.90 Å². The van der Waals surface area contributed by atoms with E-state index in [1.807, 2.05) is 24.6 Å². The van der Waals surface area contributed by atoms with Crippen LogP contribution >= 0.6 is 0 Å². The Labute approximate surface area is 135 Å². The predicted molar refractivity (Wildman–Crippen MR) is 88.3 cm³/mol. The number of nitrogens with one attached hydrogen (secondary N) is 2. The highest BCUT2D eigenvalue weighted by Crippen LogP contribution is 2.20. The summed E-state index contributed by atoms with van der Waals surface area (Å²) < 4.78 is 1.84. The zero-order valence-corrected chi connectivity index (χ0v) is 13.5. The molecule has 2 atom stereocenters. The molecule has 0 aromatic carbocycles. The number of hydrogen-bond acceptors (Lipinski definition) is 4. The molecule has 2 aromatic heterocycles. The minimum Gasteiger partial charge on any atom is -0.391 e. The lowest BCUT2D eigenvalue weighted by molar-refractivity contribution is 0.0955. The number of anilines is 1. The molecule has 2 heterocycles. The van der Waals surface area contributed by atoms with Crippen LogP contribution in [-0.2, 0) is 0 Å². The van der Waals surface area contributed by atoms with E-state index in [0.29, 0.717) is 5.69 Å². The third-order valence-electron chi connectivity index (χ3n) is 4.23. The average Bonchev–Trinajstić information content (AvgIpc) is 2.93. The van der Waals surface area contributed by atoms with Gasteiger partial charge in [-0.2, -0.15) is 5.10 Å². The van der Waals surface area contributed by atoms with Crippen molar-refractivity contribution in [1.29, 1.82) is 0 Å². The van der Waals surface area contributed by atoms with Crippen molar-refractivity contribution >= 4 is 22.8 Å². The SMILES string of the molecule is CC(C)n1ncc2cc(NC(=O)N[C@@H]3CCCC[C@@H]3O)cnc21. The number of urea groups is 1. The molecular formula is C16H23N5O2. The van der Waals surface area contributed by atoms with Gasteiger partial charge in [-0.25, -0.2) is 14.5 Å². The summed E-state index contributed by atoms with van der Waals surface area (Å²) in [5, 5.41) is 20.7. The molecule has 7 nitrogen and oxygen atoms in total. The highest BCUT2D eigenvalue weighted by Gasteiger charge is 2.24. The van der Waals surface area contributed by atoms with Crippen molar-refractivity contribution in [3.63, 3.8) is 0 Å². The molecule has 1 fully saturated rings. The topological polar surface area (TPSA) is 92.1 Å². The van der Waals surface area contributed by atoms with Crippen LogP contribution < -0.4 is 10.6 Å². The lowest BCUT2D eigenvalue weighted by atomic mass is 9.93. The minimum atomic E-state index is -0.459. The van der Waals surface area contributed by atoms with Crippen LogP contribution in [0.2, 0.25) is 0 Å². The minimum absolute atomic E-state index is 0.177. The molecule has 23 heavy (non-hydrogen) atoms. The smallest absolute Gasteiger partial charge is 0.319 e. The van der Waals surface area contributed by atoms with E-state index in [0.717, 1.165) is 36.7 Å². The van der Waals surface area contributed by atoms with E-state index < -0.39 is 6.10 Å². The van der Waals surface area contributed by atoms with E-state index in [1.54, 1.807) is 12.4 Å². The Morgan fingerprint density at radius 2 is 2.13 bits per heavy atom. The number of aliphatic hydroxyl groups is 1. The molecule has 2 amide bonds. The molecule has 0 saturated heterocycles. The van der Waals surface area contributed by atoms with Gasteiger partial charge in [0.2, 0.25) is 0 Å². The first-order valence-corrected chi connectivity index (χ1v) is 8.13. The number of carbonyl (C=O) groups is 1. The molecule has 1 aliphatic rings. The van der Waals surface area contributed by atoms with Crippen LogP contribution in [0.4, 0.5) is 10.5 Å². The number of hydrogen-bond donors (Lipinski definition) is 3. The van der Waals surface area contributed by atoms with Crippen molar-refractivity contribution in [2.45, 2.75) is 57.7 Å². The Bertz CT molecular complexity index is 697. The number of fused-ring (bicyclic) bond motifs is 1. The number of carbonyl (C=O) groups excluding carboxylic acids is 1. The average molecular weight is 317 g/mol. The number of aliphatic hydroxyl groups excluding tert-OH is 1. The lowest BCUT2D eigenvalue weighted by Crippen LogP contribution is -2.46. The van der Waals surface area contributed by atoms with Crippen LogP contribution in [0, 0.1) is 0 Å². The molecule has 0 radical (unpaired) electrons. The second-order valence-electron chi connectivity index (χ2n) is 6.38. The van der Waals surface area contributed by atoms with Crippen LogP contribution in [0.5, 0.6) is 0 Å². The van der Waals surface area contributed by atoms with Crippen molar-refractivity contribution in [3.8, 4) is 0 Å². The Balaban J connectivity index is 1.67. The summed E-state index contributed by atoms with van der Waals surface area (Å²) in [5.74, 6) is 0. The van der Waals surface area contributed by atoms with Gasteiger partial charge < -0.3 is 15.7 Å². The molecule has 3 rings (SSSR count). The van der Waals surface area contributed by atoms with Gasteiger partial charge in [0.15, 0.2) is 5.65 Å². The van der Waals surface area contributed by atoms with E-state index >= 15 is 0 Å². The van der Waals surface area contributed by atoms with Crippen molar-refractivity contribution in [2.75, 3.05) is 5.32 Å². The highest BCUT2D eigenvalue weighted by atomic mass is 16.3. The van der Waals surface area contributed by atoms with Crippen LogP contribution in [-0.4, -0.2) is 38.0 Å². The van der Waals surface area contributed by atoms with E-state index in [4.69, 9.17) is 0 Å². The second-order valence-corrected chi connectivity index (χ2v) is 6.38. The Hall–Kier alpha value is -2.15. The van der Waals surface area contributed by atoms with Gasteiger partial charge in [-0.1, -0.05) is 12.8 Å². The number of nitrogens with zero attached hydrogens (tertiary/aromatic N) is 3. The zero-order chi connectivity index (χ0) is 16.4. The van der Waals surface area contributed by atoms with Gasteiger partial charge in [-0.05, 0) is 32.8 Å². The lowest BCUT2D eigenvalue weighted by Gasteiger charge is -2.28. The van der Waals surface area contributed by atoms with E-state index in [2.05, 4.69) is 20.7 Å². The number of pyridine rings is 1. The van der Waals surface area contributed by atoms with Gasteiger partial charge >= 0.3 is 6.03 Å². The molecular weight excluding hydrogens is 294 g/mol. The van der Waals surface area contributed by atoms with Crippen LogP contribution in [0.3, 0.4) is 0 Å². The number of aromatic nitrogens is 3. The maximum atomic E-state index is 12.1. The normalized spacial score (nSPS) is 21.6. The molecule has 124 valence electrons. The van der Waals surface area contributed by atoms with Crippen LogP contribution in [0.1, 0.15) is 45.6 Å². The van der Waals surface area contributed by atoms with Crippen molar-refractivity contribution in [1.82, 2.24) is 20.1 Å². The van der Waals surface area contributed by atoms with E-state index in [-0.39, 0.29) is 18.1 Å². The van der Waals surface area contributed by atoms with Gasteiger partial charge in [0.25, 0.3) is 0 Å². The molecule has 3 N–H and O–H groups in total. The van der Waals surface area contributed by atoms with Crippen molar-refractivity contribution in [3.05, 3.63) is 18.5 Å². The first kappa shape index (κ1) is 15.7. The molecule has 7 heteroatoms. The first-order valence-electron chi connectivity index (χ1n) is 8.13. The summed E-state index contributed by atoms with van der Waals surface area (Å²) in [4.78, 5) is 16.5. The Morgan fingerprint density at radius 1 is 1.35 bits per heavy atom. The molecule has 0 unspecified atom stereocenters. The van der Waals surface area contributed by atoms with Gasteiger partial charge in [0.1, 0.15) is 0 Å². The van der Waals surface area contributed by atoms with Gasteiger partial charge in [0, 0.05) is 11.4 Å². The first-order chi connectivity index (χ1) is 11.0. The standard InChI is InChI=1S/C16H23N5O2/c1-10(2)21-15-11(8-18-21)7-12(9-17-15)19-16(23)20-13-5-3-4-6-14(13)22/h7-10,13-14,22H,3-6H2,1-2H3,(H2,19,20,23)/t13-,14+/m1/s1. The fourth-order valence-corrected chi connectivity index (χ4v) is 3.00. The summed E-state index contributed by atoms with van der Waals surface area (Å²) in [6.07, 6.45) is 6.51. The zero-order valence-electron chi connectivity index (χ0n) is 13.5. The van der Waals surface area contributed by atoms with Crippen molar-refractivity contribution in [2.24, 2.45) is 0 Å². The fourth-order valence-electron chi connectivity index (χ4n) is 3.00. The third kappa shape index (κ3) is 3.44. The quantitative estimate of drug-likeness (QED) is 0.810. The molecule has 2 aromatic rings. The maximum Gasteiger partial charge on any atom is 0.319 e. The Kier molecular flexibility index (Phi) is 4.47. The maximum absolute atomic E-state index is 12.1. The fraction of sp³-hybridized carbons (Fsp3) is 0.562. The Morgan fingerprint density at radius 3 is 2.87 bits per heavy atom. The molecule has 1 saturated carbocycles. The highest BCUT2D eigenvalue weighted by molar-refractivity contribution is 5.91. The van der Waals surface area contributed by atoms with Gasteiger partial charge in [0.05, 0.1) is 30.2 Å². The van der Waals surface area contributed by atoms with Gasteiger partial charge in [-0.15, -0.1) is 0 Å².